The van der Waals surface area contributed by atoms with Crippen molar-refractivity contribution in [1.29, 1.82) is 0 Å². The minimum Gasteiger partial charge on any atom is -0.366 e. The van der Waals surface area contributed by atoms with Crippen LogP contribution in [0.4, 0.5) is 11.6 Å². The molecule has 0 unspecified atom stereocenters. The van der Waals surface area contributed by atoms with E-state index >= 15 is 0 Å². The number of aromatic nitrogens is 4. The highest BCUT2D eigenvalue weighted by atomic mass is 16.5. The molecule has 0 aromatic carbocycles. The van der Waals surface area contributed by atoms with Crippen LogP contribution in [0.3, 0.4) is 0 Å². The lowest BCUT2D eigenvalue weighted by Crippen LogP contribution is -2.46. The maximum absolute atomic E-state index is 5.38. The second-order valence-electron chi connectivity index (χ2n) is 7.84. The van der Waals surface area contributed by atoms with Crippen molar-refractivity contribution in [2.45, 2.75) is 33.2 Å². The fraction of sp³-hybridized carbons (Fsp3) is 0.455. The standard InChI is InChI=1S/C22H29N7O/c1-4-28-9-11-29(12-10-28)20-6-5-17(15-25-20)14-24-19-13-18(7-8-23-19)22-26-21(16(2)3)27-30-22/h5-8,13,15-16H,4,9-12,14H2,1-3H3,(H,23,24). The van der Waals surface area contributed by atoms with E-state index in [9.17, 15) is 0 Å². The van der Waals surface area contributed by atoms with Crippen molar-refractivity contribution in [3.05, 3.63) is 48.0 Å². The molecule has 4 heterocycles. The molecule has 0 bridgehead atoms. The summed E-state index contributed by atoms with van der Waals surface area (Å²) in [5, 5.41) is 7.38. The first-order valence-corrected chi connectivity index (χ1v) is 10.6. The van der Waals surface area contributed by atoms with E-state index < -0.39 is 0 Å². The molecule has 1 aliphatic rings. The van der Waals surface area contributed by atoms with Crippen molar-refractivity contribution < 1.29 is 4.52 Å². The average Bonchev–Trinajstić information content (AvgIpc) is 3.29. The minimum absolute atomic E-state index is 0.230. The van der Waals surface area contributed by atoms with Crippen LogP contribution in [0.1, 0.15) is 38.1 Å². The predicted molar refractivity (Wildman–Crippen MR) is 118 cm³/mol. The van der Waals surface area contributed by atoms with Gasteiger partial charge in [-0.05, 0) is 30.3 Å². The van der Waals surface area contributed by atoms with Crippen LogP contribution in [0.25, 0.3) is 11.5 Å². The molecule has 0 radical (unpaired) electrons. The monoisotopic (exact) mass is 407 g/mol. The summed E-state index contributed by atoms with van der Waals surface area (Å²) >= 11 is 0. The van der Waals surface area contributed by atoms with E-state index in [0.717, 1.165) is 55.5 Å². The second-order valence-corrected chi connectivity index (χ2v) is 7.84. The molecule has 158 valence electrons. The van der Waals surface area contributed by atoms with Crippen LogP contribution < -0.4 is 10.2 Å². The molecule has 0 amide bonds. The molecular weight excluding hydrogens is 378 g/mol. The Morgan fingerprint density at radius 2 is 1.93 bits per heavy atom. The van der Waals surface area contributed by atoms with Crippen LogP contribution in [0.2, 0.25) is 0 Å². The molecule has 3 aromatic heterocycles. The lowest BCUT2D eigenvalue weighted by atomic mass is 10.2. The Kier molecular flexibility index (Phi) is 6.23. The normalized spacial score (nSPS) is 15.0. The summed E-state index contributed by atoms with van der Waals surface area (Å²) in [6.45, 7) is 12.3. The predicted octanol–water partition coefficient (Wildman–Crippen LogP) is 3.40. The van der Waals surface area contributed by atoms with Gasteiger partial charge in [-0.15, -0.1) is 0 Å². The van der Waals surface area contributed by atoms with E-state index in [2.05, 4.69) is 54.3 Å². The zero-order valence-electron chi connectivity index (χ0n) is 17.9. The molecule has 8 heteroatoms. The zero-order valence-corrected chi connectivity index (χ0v) is 17.9. The molecule has 1 aliphatic heterocycles. The van der Waals surface area contributed by atoms with Gasteiger partial charge in [0.1, 0.15) is 11.6 Å². The SMILES string of the molecule is CCN1CCN(c2ccc(CNc3cc(-c4nc(C(C)C)no4)ccn3)cn2)CC1. The maximum Gasteiger partial charge on any atom is 0.258 e. The summed E-state index contributed by atoms with van der Waals surface area (Å²) in [6.07, 6.45) is 3.68. The number of rotatable bonds is 7. The summed E-state index contributed by atoms with van der Waals surface area (Å²) in [6, 6.07) is 8.02. The van der Waals surface area contributed by atoms with E-state index in [1.54, 1.807) is 6.20 Å². The van der Waals surface area contributed by atoms with E-state index in [4.69, 9.17) is 4.52 Å². The van der Waals surface area contributed by atoms with Crippen LogP contribution in [-0.2, 0) is 6.54 Å². The highest BCUT2D eigenvalue weighted by Gasteiger charge is 2.16. The van der Waals surface area contributed by atoms with Crippen molar-refractivity contribution in [2.24, 2.45) is 0 Å². The molecule has 0 aliphatic carbocycles. The molecule has 3 aromatic rings. The van der Waals surface area contributed by atoms with Gasteiger partial charge in [-0.3, -0.25) is 0 Å². The third kappa shape index (κ3) is 4.76. The van der Waals surface area contributed by atoms with E-state index in [-0.39, 0.29) is 5.92 Å². The molecule has 0 saturated carbocycles. The summed E-state index contributed by atoms with van der Waals surface area (Å²) in [5.74, 6) is 3.26. The molecule has 30 heavy (non-hydrogen) atoms. The van der Waals surface area contributed by atoms with Gasteiger partial charge in [0, 0.05) is 56.6 Å². The van der Waals surface area contributed by atoms with Crippen molar-refractivity contribution in [2.75, 3.05) is 42.9 Å². The Balaban J connectivity index is 1.35. The highest BCUT2D eigenvalue weighted by molar-refractivity contribution is 5.58. The minimum atomic E-state index is 0.230. The average molecular weight is 408 g/mol. The quantitative estimate of drug-likeness (QED) is 0.638. The number of piperazine rings is 1. The molecule has 0 atom stereocenters. The van der Waals surface area contributed by atoms with Gasteiger partial charge < -0.3 is 19.6 Å². The topological polar surface area (TPSA) is 83.2 Å². The lowest BCUT2D eigenvalue weighted by molar-refractivity contribution is 0.270. The number of nitrogens with zero attached hydrogens (tertiary/aromatic N) is 6. The molecule has 1 fully saturated rings. The Hall–Kier alpha value is -3.00. The van der Waals surface area contributed by atoms with Crippen molar-refractivity contribution in [3.8, 4) is 11.5 Å². The van der Waals surface area contributed by atoms with Gasteiger partial charge in [-0.2, -0.15) is 4.98 Å². The highest BCUT2D eigenvalue weighted by Crippen LogP contribution is 2.22. The van der Waals surface area contributed by atoms with Gasteiger partial charge in [0.25, 0.3) is 5.89 Å². The number of likely N-dealkylation sites (N-methyl/N-ethyl adjacent to an activating group) is 1. The summed E-state index contributed by atoms with van der Waals surface area (Å²) in [4.78, 5) is 18.3. The number of pyridine rings is 2. The van der Waals surface area contributed by atoms with E-state index in [1.165, 1.54) is 0 Å². The molecule has 4 rings (SSSR count). The molecule has 1 saturated heterocycles. The fourth-order valence-electron chi connectivity index (χ4n) is 3.44. The summed E-state index contributed by atoms with van der Waals surface area (Å²) < 4.78 is 5.38. The number of anilines is 2. The van der Waals surface area contributed by atoms with Crippen LogP contribution in [0, 0.1) is 0 Å². The Bertz CT molecular complexity index is 946. The third-order valence-corrected chi connectivity index (χ3v) is 5.39. The van der Waals surface area contributed by atoms with Crippen LogP contribution in [0.5, 0.6) is 0 Å². The Morgan fingerprint density at radius 1 is 1.10 bits per heavy atom. The molecule has 8 nitrogen and oxygen atoms in total. The Labute approximate surface area is 177 Å². The summed E-state index contributed by atoms with van der Waals surface area (Å²) in [5.41, 5.74) is 1.96. The van der Waals surface area contributed by atoms with Gasteiger partial charge in [-0.25, -0.2) is 9.97 Å². The largest absolute Gasteiger partial charge is 0.366 e. The van der Waals surface area contributed by atoms with Gasteiger partial charge in [0.15, 0.2) is 5.82 Å². The van der Waals surface area contributed by atoms with Crippen molar-refractivity contribution >= 4 is 11.6 Å². The number of hydrogen-bond donors (Lipinski definition) is 1. The van der Waals surface area contributed by atoms with E-state index in [1.807, 2.05) is 32.2 Å². The third-order valence-electron chi connectivity index (χ3n) is 5.39. The first kappa shape index (κ1) is 20.3. The van der Waals surface area contributed by atoms with Gasteiger partial charge >= 0.3 is 0 Å². The number of nitrogens with one attached hydrogen (secondary N) is 1. The fourth-order valence-corrected chi connectivity index (χ4v) is 3.44. The second kappa shape index (κ2) is 9.21. The van der Waals surface area contributed by atoms with E-state index in [0.29, 0.717) is 18.3 Å². The molecular formula is C22H29N7O. The summed E-state index contributed by atoms with van der Waals surface area (Å²) in [7, 11) is 0. The van der Waals surface area contributed by atoms with Crippen LogP contribution in [-0.4, -0.2) is 57.7 Å². The number of hydrogen-bond acceptors (Lipinski definition) is 8. The molecule has 1 N–H and O–H groups in total. The van der Waals surface area contributed by atoms with Crippen molar-refractivity contribution in [1.82, 2.24) is 25.0 Å². The van der Waals surface area contributed by atoms with Crippen LogP contribution >= 0.6 is 0 Å². The lowest BCUT2D eigenvalue weighted by Gasteiger charge is -2.34. The maximum atomic E-state index is 5.38. The van der Waals surface area contributed by atoms with Gasteiger partial charge in [0.05, 0.1) is 0 Å². The van der Waals surface area contributed by atoms with Gasteiger partial charge in [-0.1, -0.05) is 32.0 Å². The van der Waals surface area contributed by atoms with Crippen molar-refractivity contribution in [3.63, 3.8) is 0 Å². The van der Waals surface area contributed by atoms with Crippen LogP contribution in [0.15, 0.2) is 41.2 Å². The first-order chi connectivity index (χ1) is 14.6. The smallest absolute Gasteiger partial charge is 0.258 e. The first-order valence-electron chi connectivity index (χ1n) is 10.6. The van der Waals surface area contributed by atoms with Gasteiger partial charge in [0.2, 0.25) is 0 Å². The molecule has 0 spiro atoms. The zero-order chi connectivity index (χ0) is 20.9. The Morgan fingerprint density at radius 3 is 2.60 bits per heavy atom.